The first-order valence-electron chi connectivity index (χ1n) is 4.12. The zero-order chi connectivity index (χ0) is 10.1. The van der Waals surface area contributed by atoms with Gasteiger partial charge >= 0.3 is 0 Å². The second kappa shape index (κ2) is 7.69. The maximum atomic E-state index is 3.68. The zero-order valence-electron chi connectivity index (χ0n) is 8.29. The SMILES string of the molecule is C=C\C=C/C(=C\C)C(=C/C=C)/SC. The van der Waals surface area contributed by atoms with Crippen molar-refractivity contribution in [3.63, 3.8) is 0 Å². The third-order valence-electron chi connectivity index (χ3n) is 1.50. The van der Waals surface area contributed by atoms with E-state index in [0.717, 1.165) is 0 Å². The fourth-order valence-electron chi connectivity index (χ4n) is 0.881. The van der Waals surface area contributed by atoms with Gasteiger partial charge in [0.1, 0.15) is 0 Å². The summed E-state index contributed by atoms with van der Waals surface area (Å²) in [5, 5.41) is 0. The van der Waals surface area contributed by atoms with Gasteiger partial charge in [0.25, 0.3) is 0 Å². The highest BCUT2D eigenvalue weighted by Crippen LogP contribution is 2.22. The van der Waals surface area contributed by atoms with E-state index in [0.29, 0.717) is 0 Å². The molecule has 0 aromatic carbocycles. The molecule has 1 heteroatoms. The van der Waals surface area contributed by atoms with Gasteiger partial charge in [0.05, 0.1) is 0 Å². The lowest BCUT2D eigenvalue weighted by Gasteiger charge is -2.02. The molecule has 0 nitrogen and oxygen atoms in total. The zero-order valence-corrected chi connectivity index (χ0v) is 9.10. The summed E-state index contributed by atoms with van der Waals surface area (Å²) in [5.74, 6) is 0. The van der Waals surface area contributed by atoms with Gasteiger partial charge in [0, 0.05) is 4.91 Å². The second-order valence-electron chi connectivity index (χ2n) is 2.31. The van der Waals surface area contributed by atoms with Crippen molar-refractivity contribution >= 4 is 11.8 Å². The standard InChI is InChI=1S/C12H16S/c1-5-8-10-11(7-3)12(13-4)9-6-2/h5-10H,1-2H2,3-4H3/b10-8-,11-7+,12-9-. The molecule has 0 aliphatic rings. The van der Waals surface area contributed by atoms with Crippen LogP contribution in [0.2, 0.25) is 0 Å². The lowest BCUT2D eigenvalue weighted by Crippen LogP contribution is -1.79. The van der Waals surface area contributed by atoms with Crippen LogP contribution in [0.1, 0.15) is 6.92 Å². The lowest BCUT2D eigenvalue weighted by atomic mass is 10.2. The van der Waals surface area contributed by atoms with Crippen LogP contribution in [0, 0.1) is 0 Å². The molecule has 0 aromatic heterocycles. The normalized spacial score (nSPS) is 13.4. The van der Waals surface area contributed by atoms with Gasteiger partial charge in [-0.2, -0.15) is 0 Å². The molecule has 0 unspecified atom stereocenters. The third-order valence-corrected chi connectivity index (χ3v) is 2.31. The van der Waals surface area contributed by atoms with Crippen LogP contribution in [0.15, 0.2) is 60.1 Å². The first-order valence-corrected chi connectivity index (χ1v) is 5.35. The van der Waals surface area contributed by atoms with E-state index in [4.69, 9.17) is 0 Å². The van der Waals surface area contributed by atoms with Crippen LogP contribution in [-0.2, 0) is 0 Å². The molecule has 0 fully saturated rings. The summed E-state index contributed by atoms with van der Waals surface area (Å²) >= 11 is 1.71. The summed E-state index contributed by atoms with van der Waals surface area (Å²) in [6.07, 6.45) is 13.7. The molecule has 0 saturated heterocycles. The van der Waals surface area contributed by atoms with E-state index < -0.39 is 0 Å². The summed E-state index contributed by atoms with van der Waals surface area (Å²) in [6, 6.07) is 0. The van der Waals surface area contributed by atoms with Gasteiger partial charge in [-0.1, -0.05) is 43.5 Å². The molecule has 13 heavy (non-hydrogen) atoms. The van der Waals surface area contributed by atoms with Crippen LogP contribution < -0.4 is 0 Å². The fourth-order valence-corrected chi connectivity index (χ4v) is 1.54. The Hall–Kier alpha value is -0.950. The Morgan fingerprint density at radius 2 is 1.92 bits per heavy atom. The topological polar surface area (TPSA) is 0 Å². The number of hydrogen-bond donors (Lipinski definition) is 0. The van der Waals surface area contributed by atoms with E-state index >= 15 is 0 Å². The van der Waals surface area contributed by atoms with E-state index in [1.807, 2.05) is 25.2 Å². The molecule has 0 bridgehead atoms. The number of thioether (sulfide) groups is 1. The fraction of sp³-hybridized carbons (Fsp3) is 0.167. The largest absolute Gasteiger partial charge is 0.129 e. The summed E-state index contributed by atoms with van der Waals surface area (Å²) in [6.45, 7) is 9.35. The van der Waals surface area contributed by atoms with E-state index in [1.54, 1.807) is 23.9 Å². The molecule has 0 N–H and O–H groups in total. The van der Waals surface area contributed by atoms with E-state index in [9.17, 15) is 0 Å². The van der Waals surface area contributed by atoms with E-state index in [2.05, 4.69) is 25.5 Å². The van der Waals surface area contributed by atoms with Gasteiger partial charge in [-0.25, -0.2) is 0 Å². The molecule has 0 saturated carbocycles. The van der Waals surface area contributed by atoms with Crippen LogP contribution >= 0.6 is 11.8 Å². The van der Waals surface area contributed by atoms with Gasteiger partial charge in [-0.15, -0.1) is 11.8 Å². The molecule has 0 aliphatic carbocycles. The minimum absolute atomic E-state index is 1.20. The highest BCUT2D eigenvalue weighted by atomic mass is 32.2. The van der Waals surface area contributed by atoms with E-state index in [-0.39, 0.29) is 0 Å². The van der Waals surface area contributed by atoms with Crippen LogP contribution in [0.25, 0.3) is 0 Å². The molecular formula is C12H16S. The monoisotopic (exact) mass is 192 g/mol. The third kappa shape index (κ3) is 4.58. The number of hydrogen-bond acceptors (Lipinski definition) is 1. The van der Waals surface area contributed by atoms with Gasteiger partial charge < -0.3 is 0 Å². The average Bonchev–Trinajstić information content (AvgIpc) is 2.17. The smallest absolute Gasteiger partial charge is 0.0138 e. The molecule has 70 valence electrons. The van der Waals surface area contributed by atoms with E-state index in [1.165, 1.54) is 10.5 Å². The van der Waals surface area contributed by atoms with Crippen molar-refractivity contribution in [3.8, 4) is 0 Å². The van der Waals surface area contributed by atoms with Crippen LogP contribution in [0.5, 0.6) is 0 Å². The Bertz CT molecular complexity index is 254. The Balaban J connectivity index is 4.74. The van der Waals surface area contributed by atoms with Gasteiger partial charge in [-0.3, -0.25) is 0 Å². The van der Waals surface area contributed by atoms with Gasteiger partial charge in [0.15, 0.2) is 0 Å². The maximum absolute atomic E-state index is 3.68. The molecule has 0 heterocycles. The quantitative estimate of drug-likeness (QED) is 0.591. The molecule has 0 radical (unpaired) electrons. The highest BCUT2D eigenvalue weighted by Gasteiger charge is 1.96. The molecule has 0 amide bonds. The summed E-state index contributed by atoms with van der Waals surface area (Å²) in [4.78, 5) is 1.22. The second-order valence-corrected chi connectivity index (χ2v) is 3.16. The van der Waals surface area contributed by atoms with Crippen molar-refractivity contribution in [2.45, 2.75) is 6.92 Å². The predicted molar refractivity (Wildman–Crippen MR) is 64.9 cm³/mol. The summed E-state index contributed by atoms with van der Waals surface area (Å²) < 4.78 is 0. The predicted octanol–water partition coefficient (Wildman–Crippen LogP) is 4.11. The Kier molecular flexibility index (Phi) is 7.12. The molecule has 0 atom stereocenters. The van der Waals surface area contributed by atoms with Gasteiger partial charge in [-0.05, 0) is 24.8 Å². The Morgan fingerprint density at radius 1 is 1.23 bits per heavy atom. The molecular weight excluding hydrogens is 176 g/mol. The number of rotatable bonds is 5. The average molecular weight is 192 g/mol. The van der Waals surface area contributed by atoms with Crippen molar-refractivity contribution in [3.05, 3.63) is 60.1 Å². The first kappa shape index (κ1) is 12.0. The van der Waals surface area contributed by atoms with Crippen LogP contribution in [0.4, 0.5) is 0 Å². The van der Waals surface area contributed by atoms with Crippen LogP contribution in [0.3, 0.4) is 0 Å². The van der Waals surface area contributed by atoms with Crippen molar-refractivity contribution in [2.24, 2.45) is 0 Å². The Labute approximate surface area is 85.4 Å². The van der Waals surface area contributed by atoms with Crippen molar-refractivity contribution in [1.29, 1.82) is 0 Å². The molecule has 0 aromatic rings. The minimum atomic E-state index is 1.20. The Morgan fingerprint density at radius 3 is 2.31 bits per heavy atom. The maximum Gasteiger partial charge on any atom is 0.0138 e. The lowest BCUT2D eigenvalue weighted by molar-refractivity contribution is 1.57. The highest BCUT2D eigenvalue weighted by molar-refractivity contribution is 8.02. The minimum Gasteiger partial charge on any atom is -0.129 e. The molecule has 0 spiro atoms. The summed E-state index contributed by atoms with van der Waals surface area (Å²) in [7, 11) is 0. The van der Waals surface area contributed by atoms with Crippen molar-refractivity contribution in [1.82, 2.24) is 0 Å². The first-order chi connectivity index (χ1) is 6.29. The summed E-state index contributed by atoms with van der Waals surface area (Å²) in [5.41, 5.74) is 1.20. The van der Waals surface area contributed by atoms with Crippen LogP contribution in [-0.4, -0.2) is 6.26 Å². The van der Waals surface area contributed by atoms with Gasteiger partial charge in [0.2, 0.25) is 0 Å². The number of allylic oxidation sites excluding steroid dienone is 7. The molecule has 0 rings (SSSR count). The van der Waals surface area contributed by atoms with Crippen molar-refractivity contribution < 1.29 is 0 Å². The molecule has 0 aliphatic heterocycles. The van der Waals surface area contributed by atoms with Crippen molar-refractivity contribution in [2.75, 3.05) is 6.26 Å².